The average molecular weight is 338 g/mol. The number of methoxy groups -OCH3 is 1. The van der Waals surface area contributed by atoms with Crippen molar-refractivity contribution in [3.05, 3.63) is 52.9 Å². The fourth-order valence-corrected chi connectivity index (χ4v) is 1.62. The van der Waals surface area contributed by atoms with Crippen LogP contribution in [-0.4, -0.2) is 41.3 Å². The van der Waals surface area contributed by atoms with Crippen LogP contribution in [0.4, 0.5) is 0 Å². The zero-order valence-electron chi connectivity index (χ0n) is 10.9. The molecular weight excluding hydrogens is 322 g/mol. The third-order valence-corrected chi connectivity index (χ3v) is 2.53. The normalized spacial score (nSPS) is 10.4. The van der Waals surface area contributed by atoms with Gasteiger partial charge in [-0.3, -0.25) is 0 Å². The molecule has 0 spiro atoms. The fourth-order valence-electron chi connectivity index (χ4n) is 1.62. The quantitative estimate of drug-likeness (QED) is 0.230. The molecule has 0 fully saturated rings. The number of allylic oxidation sites excluding steroid dienone is 1. The molecule has 1 rings (SSSR count). The molecule has 0 aromatic heterocycles. The van der Waals surface area contributed by atoms with Crippen molar-refractivity contribution < 1.29 is 26.6 Å². The van der Waals surface area contributed by atoms with Gasteiger partial charge in [-0.05, 0) is 30.5 Å². The molecule has 0 aliphatic heterocycles. The molecule has 0 aliphatic rings. The summed E-state index contributed by atoms with van der Waals surface area (Å²) in [6.07, 6.45) is 4.34. The first-order valence-electron chi connectivity index (χ1n) is 5.40. The molecule has 1 aromatic rings. The summed E-state index contributed by atoms with van der Waals surface area (Å²) in [6, 6.07) is 7.33. The third kappa shape index (κ3) is 7.44. The molecule has 0 N–H and O–H groups in total. The molecule has 100 valence electrons. The van der Waals surface area contributed by atoms with Crippen molar-refractivity contribution in [2.75, 3.05) is 7.11 Å². The maximum Gasteiger partial charge on any atom is 2.00 e. The minimum absolute atomic E-state index is 0. The Morgan fingerprint density at radius 3 is 2.32 bits per heavy atom. The van der Waals surface area contributed by atoms with E-state index in [1.54, 1.807) is 13.2 Å². The van der Waals surface area contributed by atoms with Crippen molar-refractivity contribution in [1.29, 1.82) is 0 Å². The average Bonchev–Trinajstić information content (AvgIpc) is 2.34. The zero-order valence-corrected chi connectivity index (χ0v) is 13.9. The zero-order chi connectivity index (χ0) is 12.7. The Labute approximate surface area is 140 Å². The Morgan fingerprint density at radius 1 is 1.32 bits per heavy atom. The minimum Gasteiger partial charge on any atom is -1.00 e. The first kappa shape index (κ1) is 20.6. The van der Waals surface area contributed by atoms with Crippen LogP contribution in [0.25, 0.3) is 0 Å². The molecule has 1 atom stereocenters. The van der Waals surface area contributed by atoms with Gasteiger partial charge < -0.3 is 32.1 Å². The largest absolute Gasteiger partial charge is 2.00 e. The molecule has 0 radical (unpaired) electrons. The molecule has 1 aromatic carbocycles. The van der Waals surface area contributed by atoms with Gasteiger partial charge in [0.05, 0.1) is 13.0 Å². The first-order chi connectivity index (χ1) is 8.17. The second-order valence-corrected chi connectivity index (χ2v) is 3.68. The summed E-state index contributed by atoms with van der Waals surface area (Å²) in [6.45, 7) is 3.63. The molecule has 1 unspecified atom stereocenters. The van der Waals surface area contributed by atoms with Crippen molar-refractivity contribution in [3.8, 4) is 5.75 Å². The molecule has 0 heterocycles. The Bertz CT molecular complexity index is 391. The van der Waals surface area contributed by atoms with E-state index in [0.717, 1.165) is 23.9 Å². The number of benzene rings is 1. The van der Waals surface area contributed by atoms with E-state index in [2.05, 4.69) is 6.58 Å². The van der Waals surface area contributed by atoms with Gasteiger partial charge in [0, 0.05) is 0 Å². The summed E-state index contributed by atoms with van der Waals surface area (Å²) >= 11 is 0. The van der Waals surface area contributed by atoms with Crippen LogP contribution in [0.15, 0.2) is 36.9 Å². The monoisotopic (exact) mass is 337 g/mol. The molecule has 19 heavy (non-hydrogen) atoms. The summed E-state index contributed by atoms with van der Waals surface area (Å²) in [5, 5.41) is 21.1. The second-order valence-electron chi connectivity index (χ2n) is 3.68. The van der Waals surface area contributed by atoms with E-state index in [4.69, 9.17) is 4.74 Å². The van der Waals surface area contributed by atoms with E-state index in [1.807, 2.05) is 24.3 Å². The molecule has 4 nitrogen and oxygen atoms in total. The van der Waals surface area contributed by atoms with Crippen molar-refractivity contribution in [1.82, 2.24) is 0 Å². The molecule has 0 saturated carbocycles. The Kier molecular flexibility index (Phi) is 12.1. The van der Waals surface area contributed by atoms with Crippen molar-refractivity contribution >= 4 is 29.3 Å². The summed E-state index contributed by atoms with van der Waals surface area (Å²) in [5.41, 5.74) is 0.921. The number of ether oxygens (including phenoxy) is 1. The van der Waals surface area contributed by atoms with E-state index < -0.39 is 4.90 Å². The fraction of sp³-hybridized carbons (Fsp3) is 0.308. The Hall–Kier alpha value is -0.724. The molecule has 6 heteroatoms. The summed E-state index contributed by atoms with van der Waals surface area (Å²) in [7, 11) is 1.59. The van der Waals surface area contributed by atoms with Crippen LogP contribution in [0, 0.1) is 10.4 Å². The van der Waals surface area contributed by atoms with Gasteiger partial charge in [-0.15, -0.1) is 6.58 Å². The molecular formula is C13H16BrMgNO3. The van der Waals surface area contributed by atoms with Crippen LogP contribution in [-0.2, 0) is 0 Å². The van der Waals surface area contributed by atoms with Gasteiger partial charge in [0.1, 0.15) is 5.75 Å². The number of halogens is 1. The van der Waals surface area contributed by atoms with Crippen LogP contribution in [0.2, 0.25) is 0 Å². The van der Waals surface area contributed by atoms with Gasteiger partial charge in [-0.2, -0.15) is 4.90 Å². The molecule has 0 aliphatic carbocycles. The third-order valence-electron chi connectivity index (χ3n) is 2.53. The van der Waals surface area contributed by atoms with Crippen LogP contribution in [0.3, 0.4) is 0 Å². The van der Waals surface area contributed by atoms with Crippen molar-refractivity contribution in [3.63, 3.8) is 0 Å². The summed E-state index contributed by atoms with van der Waals surface area (Å²) in [5.74, 6) is 0.561. The van der Waals surface area contributed by atoms with Gasteiger partial charge in [0.2, 0.25) is 0 Å². The van der Waals surface area contributed by atoms with Crippen molar-refractivity contribution in [2.24, 2.45) is 0 Å². The molecule has 0 saturated heterocycles. The Morgan fingerprint density at radius 2 is 1.89 bits per heavy atom. The van der Waals surface area contributed by atoms with E-state index in [1.165, 1.54) is 0 Å². The van der Waals surface area contributed by atoms with E-state index in [-0.39, 0.29) is 46.0 Å². The van der Waals surface area contributed by atoms with Crippen LogP contribution in [0.5, 0.6) is 5.75 Å². The van der Waals surface area contributed by atoms with E-state index in [0.29, 0.717) is 6.42 Å². The summed E-state index contributed by atoms with van der Waals surface area (Å²) < 4.78 is 5.05. The second kappa shape index (κ2) is 11.1. The standard InChI is InChI=1S/C13H16NO3.BrH.Mg/c1-3-4-5-12(10-14(15)16)11-6-8-13(17-2)9-7-11;;/h3,6-10,12H,1,4-5H2,2H3;1H;/q-1;;+2/p-1. The predicted molar refractivity (Wildman–Crippen MR) is 74.0 cm³/mol. The number of rotatable bonds is 6. The van der Waals surface area contributed by atoms with Gasteiger partial charge in [-0.25, -0.2) is 0 Å². The number of hydrogen-bond donors (Lipinski definition) is 0. The van der Waals surface area contributed by atoms with Crippen LogP contribution < -0.4 is 21.7 Å². The first-order valence-corrected chi connectivity index (χ1v) is 5.40. The van der Waals surface area contributed by atoms with E-state index >= 15 is 0 Å². The smallest absolute Gasteiger partial charge is 1.00 e. The van der Waals surface area contributed by atoms with Gasteiger partial charge >= 0.3 is 23.1 Å². The SMILES string of the molecule is C=CCCC(C=[N+]([O-])[O-])c1ccc(OC)cc1.[Br-].[Mg+2]. The number of hydrogen-bond acceptors (Lipinski definition) is 3. The van der Waals surface area contributed by atoms with Crippen molar-refractivity contribution in [2.45, 2.75) is 18.8 Å². The minimum atomic E-state index is -0.391. The number of nitrogens with zero attached hydrogens (tertiary/aromatic N) is 1. The molecule has 0 amide bonds. The topological polar surface area (TPSA) is 58.4 Å². The molecule has 0 bridgehead atoms. The van der Waals surface area contributed by atoms with E-state index in [9.17, 15) is 10.4 Å². The van der Waals surface area contributed by atoms with Crippen LogP contribution >= 0.6 is 0 Å². The maximum atomic E-state index is 10.6. The van der Waals surface area contributed by atoms with Gasteiger partial charge in [0.15, 0.2) is 6.21 Å². The maximum absolute atomic E-state index is 10.6. The van der Waals surface area contributed by atoms with Gasteiger partial charge in [0.25, 0.3) is 0 Å². The summed E-state index contributed by atoms with van der Waals surface area (Å²) in [4.78, 5) is -0.391. The predicted octanol–water partition coefficient (Wildman–Crippen LogP) is -0.553. The van der Waals surface area contributed by atoms with Crippen LogP contribution in [0.1, 0.15) is 24.3 Å². The van der Waals surface area contributed by atoms with Gasteiger partial charge in [-0.1, -0.05) is 18.2 Å². The Balaban J connectivity index is 0.